The number of nitrogens with zero attached hydrogens (tertiary/aromatic N) is 1. The Morgan fingerprint density at radius 2 is 2.11 bits per heavy atom. The zero-order chi connectivity index (χ0) is 12.5. The van der Waals surface area contributed by atoms with Crippen molar-refractivity contribution in [1.29, 1.82) is 0 Å². The highest BCUT2D eigenvalue weighted by Gasteiger charge is 2.30. The van der Waals surface area contributed by atoms with Gasteiger partial charge in [0, 0.05) is 10.9 Å². The lowest BCUT2D eigenvalue weighted by Gasteiger charge is -2.13. The molecule has 0 spiro atoms. The average molecular weight is 265 g/mol. The zero-order valence-corrected chi connectivity index (χ0v) is 11.3. The third-order valence-electron chi connectivity index (χ3n) is 3.98. The van der Waals surface area contributed by atoms with Crippen molar-refractivity contribution in [3.63, 3.8) is 0 Å². The minimum atomic E-state index is -0.0223. The van der Waals surface area contributed by atoms with Gasteiger partial charge >= 0.3 is 0 Å². The standard InChI is InChI=1S/C13H19N3OS/c14-9-5-3-4-8(9)12(17)16-13-15-10-6-1-2-7-11(10)18-13/h8-9H,1-7,14H2,(H,15,16,17). The van der Waals surface area contributed by atoms with Crippen LogP contribution >= 0.6 is 11.3 Å². The molecule has 0 aromatic carbocycles. The summed E-state index contributed by atoms with van der Waals surface area (Å²) in [6.45, 7) is 0. The Bertz CT molecular complexity index is 434. The van der Waals surface area contributed by atoms with Crippen LogP contribution in [0.5, 0.6) is 0 Å². The summed E-state index contributed by atoms with van der Waals surface area (Å²) >= 11 is 1.64. The molecule has 0 bridgehead atoms. The summed E-state index contributed by atoms with van der Waals surface area (Å²) in [5.74, 6) is 0.0389. The number of anilines is 1. The molecule has 0 radical (unpaired) electrons. The quantitative estimate of drug-likeness (QED) is 0.860. The molecular weight excluding hydrogens is 246 g/mol. The number of carbonyl (C=O) groups is 1. The highest BCUT2D eigenvalue weighted by molar-refractivity contribution is 7.15. The number of thiazole rings is 1. The van der Waals surface area contributed by atoms with E-state index in [4.69, 9.17) is 5.73 Å². The molecule has 2 aliphatic rings. The fourth-order valence-electron chi connectivity index (χ4n) is 2.92. The van der Waals surface area contributed by atoms with Crippen molar-refractivity contribution < 1.29 is 4.79 Å². The van der Waals surface area contributed by atoms with Crippen molar-refractivity contribution in [3.05, 3.63) is 10.6 Å². The van der Waals surface area contributed by atoms with Crippen LogP contribution in [0.3, 0.4) is 0 Å². The smallest absolute Gasteiger partial charge is 0.230 e. The van der Waals surface area contributed by atoms with Crippen LogP contribution in [0.4, 0.5) is 5.13 Å². The molecule has 4 nitrogen and oxygen atoms in total. The molecule has 1 saturated carbocycles. The summed E-state index contributed by atoms with van der Waals surface area (Å²) in [6.07, 6.45) is 7.59. The number of aryl methyl sites for hydroxylation is 2. The summed E-state index contributed by atoms with van der Waals surface area (Å²) in [5.41, 5.74) is 7.15. The molecule has 5 heteroatoms. The number of rotatable bonds is 2. The van der Waals surface area contributed by atoms with Gasteiger partial charge in [-0.05, 0) is 38.5 Å². The largest absolute Gasteiger partial charge is 0.327 e. The van der Waals surface area contributed by atoms with Gasteiger partial charge in [-0.15, -0.1) is 11.3 Å². The second kappa shape index (κ2) is 4.97. The van der Waals surface area contributed by atoms with Gasteiger partial charge in [-0.1, -0.05) is 6.42 Å². The number of hydrogen-bond donors (Lipinski definition) is 2. The predicted molar refractivity (Wildman–Crippen MR) is 72.7 cm³/mol. The lowest BCUT2D eigenvalue weighted by Crippen LogP contribution is -2.34. The fourth-order valence-corrected chi connectivity index (χ4v) is 3.97. The Morgan fingerprint density at radius 3 is 2.83 bits per heavy atom. The fraction of sp³-hybridized carbons (Fsp3) is 0.692. The number of carbonyl (C=O) groups excluding carboxylic acids is 1. The lowest BCUT2D eigenvalue weighted by atomic mass is 10.0. The highest BCUT2D eigenvalue weighted by atomic mass is 32.1. The normalized spacial score (nSPS) is 26.9. The van der Waals surface area contributed by atoms with Crippen LogP contribution < -0.4 is 11.1 Å². The van der Waals surface area contributed by atoms with Crippen LogP contribution in [-0.2, 0) is 17.6 Å². The number of amides is 1. The average Bonchev–Trinajstić information content (AvgIpc) is 2.94. The van der Waals surface area contributed by atoms with Crippen molar-refractivity contribution in [2.75, 3.05) is 5.32 Å². The van der Waals surface area contributed by atoms with Crippen molar-refractivity contribution in [2.24, 2.45) is 11.7 Å². The predicted octanol–water partition coefficient (Wildman–Crippen LogP) is 2.09. The molecule has 3 rings (SSSR count). The van der Waals surface area contributed by atoms with Crippen LogP contribution in [0.15, 0.2) is 0 Å². The first-order valence-electron chi connectivity index (χ1n) is 6.79. The van der Waals surface area contributed by atoms with Crippen LogP contribution in [-0.4, -0.2) is 16.9 Å². The third-order valence-corrected chi connectivity index (χ3v) is 5.05. The SMILES string of the molecule is NC1CCCC1C(=O)Nc1nc2c(s1)CCCC2. The van der Waals surface area contributed by atoms with Gasteiger partial charge in [0.05, 0.1) is 11.6 Å². The maximum absolute atomic E-state index is 12.1. The molecule has 3 N–H and O–H groups in total. The molecule has 1 aromatic heterocycles. The molecule has 98 valence electrons. The van der Waals surface area contributed by atoms with Gasteiger partial charge in [-0.25, -0.2) is 4.98 Å². The Balaban J connectivity index is 1.68. The minimum Gasteiger partial charge on any atom is -0.327 e. The maximum Gasteiger partial charge on any atom is 0.230 e. The summed E-state index contributed by atoms with van der Waals surface area (Å²) in [5, 5.41) is 3.73. The van der Waals surface area contributed by atoms with E-state index in [-0.39, 0.29) is 17.9 Å². The summed E-state index contributed by atoms with van der Waals surface area (Å²) in [7, 11) is 0. The molecule has 1 fully saturated rings. The minimum absolute atomic E-state index is 0.0223. The second-order valence-electron chi connectivity index (χ2n) is 5.29. The van der Waals surface area contributed by atoms with E-state index < -0.39 is 0 Å². The first kappa shape index (κ1) is 12.1. The second-order valence-corrected chi connectivity index (χ2v) is 6.37. The van der Waals surface area contributed by atoms with E-state index in [1.165, 1.54) is 23.4 Å². The molecule has 1 aromatic rings. The van der Waals surface area contributed by atoms with E-state index in [1.54, 1.807) is 11.3 Å². The Morgan fingerprint density at radius 1 is 1.28 bits per heavy atom. The number of nitrogens with two attached hydrogens (primary N) is 1. The molecule has 0 saturated heterocycles. The number of aromatic nitrogens is 1. The number of hydrogen-bond acceptors (Lipinski definition) is 4. The van der Waals surface area contributed by atoms with Gasteiger partial charge in [-0.3, -0.25) is 4.79 Å². The van der Waals surface area contributed by atoms with Crippen LogP contribution in [0.2, 0.25) is 0 Å². The van der Waals surface area contributed by atoms with E-state index in [0.29, 0.717) is 0 Å². The van der Waals surface area contributed by atoms with E-state index in [1.807, 2.05) is 0 Å². The zero-order valence-electron chi connectivity index (χ0n) is 10.4. The first-order valence-corrected chi connectivity index (χ1v) is 7.61. The lowest BCUT2D eigenvalue weighted by molar-refractivity contribution is -0.120. The van der Waals surface area contributed by atoms with Gasteiger partial charge in [-0.2, -0.15) is 0 Å². The monoisotopic (exact) mass is 265 g/mol. The molecule has 1 heterocycles. The number of fused-ring (bicyclic) bond motifs is 1. The van der Waals surface area contributed by atoms with Gasteiger partial charge < -0.3 is 11.1 Å². The topological polar surface area (TPSA) is 68.0 Å². The van der Waals surface area contributed by atoms with Gasteiger partial charge in [0.25, 0.3) is 0 Å². The number of nitrogens with one attached hydrogen (secondary N) is 1. The Hall–Kier alpha value is -0.940. The summed E-state index contributed by atoms with van der Waals surface area (Å²) in [4.78, 5) is 18.0. The summed E-state index contributed by atoms with van der Waals surface area (Å²) < 4.78 is 0. The first-order chi connectivity index (χ1) is 8.74. The summed E-state index contributed by atoms with van der Waals surface area (Å²) in [6, 6.07) is 0.0274. The van der Waals surface area contributed by atoms with Crippen LogP contribution in [0, 0.1) is 5.92 Å². The molecular formula is C13H19N3OS. The van der Waals surface area contributed by atoms with Crippen molar-refractivity contribution in [1.82, 2.24) is 4.98 Å². The molecule has 0 aliphatic heterocycles. The van der Waals surface area contributed by atoms with Crippen LogP contribution in [0.25, 0.3) is 0 Å². The molecule has 2 atom stereocenters. The Labute approximate surface area is 111 Å². The highest BCUT2D eigenvalue weighted by Crippen LogP contribution is 2.31. The Kier molecular flexibility index (Phi) is 3.35. The van der Waals surface area contributed by atoms with E-state index in [0.717, 1.165) is 37.2 Å². The molecule has 1 amide bonds. The molecule has 2 unspecified atom stereocenters. The molecule has 18 heavy (non-hydrogen) atoms. The van der Waals surface area contributed by atoms with E-state index in [9.17, 15) is 4.79 Å². The van der Waals surface area contributed by atoms with Crippen molar-refractivity contribution in [3.8, 4) is 0 Å². The van der Waals surface area contributed by atoms with Crippen molar-refractivity contribution >= 4 is 22.4 Å². The third kappa shape index (κ3) is 2.29. The van der Waals surface area contributed by atoms with E-state index >= 15 is 0 Å². The maximum atomic E-state index is 12.1. The van der Waals surface area contributed by atoms with Gasteiger partial charge in [0.15, 0.2) is 5.13 Å². The van der Waals surface area contributed by atoms with E-state index in [2.05, 4.69) is 10.3 Å². The van der Waals surface area contributed by atoms with Crippen LogP contribution in [0.1, 0.15) is 42.7 Å². The molecule has 2 aliphatic carbocycles. The van der Waals surface area contributed by atoms with Gasteiger partial charge in [0.2, 0.25) is 5.91 Å². The van der Waals surface area contributed by atoms with Crippen molar-refractivity contribution in [2.45, 2.75) is 51.0 Å². The van der Waals surface area contributed by atoms with Gasteiger partial charge in [0.1, 0.15) is 0 Å².